The quantitative estimate of drug-likeness (QED) is 0.563. The number of thiazole rings is 1. The van der Waals surface area contributed by atoms with E-state index < -0.39 is 0 Å². The number of H-pyrrole nitrogens is 1. The lowest BCUT2D eigenvalue weighted by atomic mass is 10.1. The Balaban J connectivity index is 1.71. The van der Waals surface area contributed by atoms with Crippen LogP contribution in [0.3, 0.4) is 0 Å². The Morgan fingerprint density at radius 1 is 1.31 bits per heavy atom. The van der Waals surface area contributed by atoms with Crippen molar-refractivity contribution in [3.8, 4) is 0 Å². The Bertz CT molecular complexity index is 1260. The molecule has 0 aliphatic heterocycles. The summed E-state index contributed by atoms with van der Waals surface area (Å²) < 4.78 is 2.19. The molecule has 26 heavy (non-hydrogen) atoms. The second kappa shape index (κ2) is 6.22. The van der Waals surface area contributed by atoms with Crippen molar-refractivity contribution in [2.75, 3.05) is 5.32 Å². The van der Waals surface area contributed by atoms with Crippen molar-refractivity contribution in [1.82, 2.24) is 19.5 Å². The van der Waals surface area contributed by atoms with E-state index in [4.69, 9.17) is 11.6 Å². The number of aromatic amines is 1. The average Bonchev–Trinajstić information content (AvgIpc) is 2.89. The SMILES string of the molecule is C[C@H](Nc1ncc2sc(=O)n(C)c2n1)c1cc2cc(Cl)ccc2[nH]c1=O. The van der Waals surface area contributed by atoms with Gasteiger partial charge in [-0.3, -0.25) is 14.2 Å². The lowest BCUT2D eigenvalue weighted by Crippen LogP contribution is -2.20. The first-order valence-corrected chi connectivity index (χ1v) is 9.03. The maximum absolute atomic E-state index is 12.4. The molecule has 2 N–H and O–H groups in total. The van der Waals surface area contributed by atoms with Crippen LogP contribution in [0.25, 0.3) is 21.3 Å². The van der Waals surface area contributed by atoms with Gasteiger partial charge in [0.15, 0.2) is 5.65 Å². The fourth-order valence-corrected chi connectivity index (χ4v) is 3.75. The molecule has 3 heterocycles. The number of aryl methyl sites for hydroxylation is 1. The molecular weight excluding hydrogens is 374 g/mol. The van der Waals surface area contributed by atoms with Crippen LogP contribution < -0.4 is 15.7 Å². The second-order valence-corrected chi connectivity index (χ2v) is 7.39. The minimum Gasteiger partial charge on any atom is -0.347 e. The number of fused-ring (bicyclic) bond motifs is 2. The fraction of sp³-hybridized carbons (Fsp3) is 0.176. The molecule has 0 saturated heterocycles. The van der Waals surface area contributed by atoms with Gasteiger partial charge in [0.2, 0.25) is 5.95 Å². The molecule has 0 unspecified atom stereocenters. The largest absolute Gasteiger partial charge is 0.347 e. The molecule has 1 atom stereocenters. The van der Waals surface area contributed by atoms with Crippen LogP contribution in [0, 0.1) is 0 Å². The topological polar surface area (TPSA) is 92.7 Å². The number of hydrogen-bond donors (Lipinski definition) is 2. The van der Waals surface area contributed by atoms with Crippen molar-refractivity contribution >= 4 is 50.1 Å². The number of halogens is 1. The monoisotopic (exact) mass is 387 g/mol. The molecule has 132 valence electrons. The lowest BCUT2D eigenvalue weighted by molar-refractivity contribution is 0.842. The van der Waals surface area contributed by atoms with E-state index in [9.17, 15) is 9.59 Å². The minimum absolute atomic E-state index is 0.0950. The highest BCUT2D eigenvalue weighted by molar-refractivity contribution is 7.16. The normalized spacial score (nSPS) is 12.6. The summed E-state index contributed by atoms with van der Waals surface area (Å²) in [4.78, 5) is 35.5. The van der Waals surface area contributed by atoms with Crippen LogP contribution in [0.5, 0.6) is 0 Å². The zero-order valence-corrected chi connectivity index (χ0v) is 15.5. The molecule has 0 aliphatic carbocycles. The van der Waals surface area contributed by atoms with Crippen molar-refractivity contribution in [1.29, 1.82) is 0 Å². The van der Waals surface area contributed by atoms with Crippen LogP contribution >= 0.6 is 22.9 Å². The number of anilines is 1. The highest BCUT2D eigenvalue weighted by Crippen LogP contribution is 2.22. The van der Waals surface area contributed by atoms with E-state index >= 15 is 0 Å². The molecule has 0 aliphatic rings. The molecule has 0 radical (unpaired) electrons. The van der Waals surface area contributed by atoms with E-state index in [0.717, 1.165) is 22.2 Å². The first-order chi connectivity index (χ1) is 12.4. The van der Waals surface area contributed by atoms with Crippen LogP contribution in [-0.4, -0.2) is 19.5 Å². The van der Waals surface area contributed by atoms with Gasteiger partial charge in [0.1, 0.15) is 0 Å². The summed E-state index contributed by atoms with van der Waals surface area (Å²) in [6.45, 7) is 1.85. The molecule has 9 heteroatoms. The molecule has 0 saturated carbocycles. The van der Waals surface area contributed by atoms with Gasteiger partial charge in [-0.25, -0.2) is 4.98 Å². The van der Waals surface area contributed by atoms with Crippen molar-refractivity contribution in [2.24, 2.45) is 7.05 Å². The van der Waals surface area contributed by atoms with E-state index in [1.165, 1.54) is 4.57 Å². The number of benzene rings is 1. The van der Waals surface area contributed by atoms with E-state index in [1.807, 2.05) is 6.92 Å². The third-order valence-electron chi connectivity index (χ3n) is 4.17. The van der Waals surface area contributed by atoms with Gasteiger partial charge in [-0.2, -0.15) is 4.98 Å². The number of pyridine rings is 1. The highest BCUT2D eigenvalue weighted by Gasteiger charge is 2.14. The van der Waals surface area contributed by atoms with Crippen LogP contribution in [0.1, 0.15) is 18.5 Å². The molecule has 0 amide bonds. The Hall–Kier alpha value is -2.71. The number of hydrogen-bond acceptors (Lipinski definition) is 6. The van der Waals surface area contributed by atoms with Crippen LogP contribution in [0.15, 0.2) is 40.1 Å². The Morgan fingerprint density at radius 3 is 2.92 bits per heavy atom. The molecular formula is C17H14ClN5O2S. The predicted molar refractivity (Wildman–Crippen MR) is 104 cm³/mol. The van der Waals surface area contributed by atoms with Gasteiger partial charge in [-0.05, 0) is 31.2 Å². The van der Waals surface area contributed by atoms with Crippen molar-refractivity contribution in [2.45, 2.75) is 13.0 Å². The first-order valence-electron chi connectivity index (χ1n) is 7.84. The third-order valence-corrected chi connectivity index (χ3v) is 5.36. The van der Waals surface area contributed by atoms with E-state index in [0.29, 0.717) is 26.9 Å². The lowest BCUT2D eigenvalue weighted by Gasteiger charge is -2.14. The van der Waals surface area contributed by atoms with Gasteiger partial charge in [0.05, 0.1) is 16.9 Å². The van der Waals surface area contributed by atoms with Gasteiger partial charge in [0.25, 0.3) is 5.56 Å². The van der Waals surface area contributed by atoms with Crippen molar-refractivity contribution < 1.29 is 0 Å². The standard InChI is InChI=1S/C17H14ClN5O2S/c1-8(11-6-9-5-10(18)3-4-12(9)21-15(11)24)20-16-19-7-13-14(22-16)23(2)17(25)26-13/h3-8H,1-2H3,(H,21,24)(H,19,20,22)/t8-/m0/s1. The first kappa shape index (κ1) is 16.7. The Kier molecular flexibility index (Phi) is 4.01. The van der Waals surface area contributed by atoms with E-state index in [1.54, 1.807) is 37.5 Å². The summed E-state index contributed by atoms with van der Waals surface area (Å²) in [5.74, 6) is 0.351. The van der Waals surface area contributed by atoms with Gasteiger partial charge in [-0.1, -0.05) is 22.9 Å². The van der Waals surface area contributed by atoms with Gasteiger partial charge >= 0.3 is 4.87 Å². The molecule has 4 aromatic rings. The van der Waals surface area contributed by atoms with E-state index in [2.05, 4.69) is 20.3 Å². The van der Waals surface area contributed by atoms with Crippen molar-refractivity contribution in [3.05, 3.63) is 61.1 Å². The summed E-state index contributed by atoms with van der Waals surface area (Å²) in [6.07, 6.45) is 1.61. The molecule has 3 aromatic heterocycles. The number of rotatable bonds is 3. The summed E-state index contributed by atoms with van der Waals surface area (Å²) in [5, 5.41) is 4.57. The molecule has 4 rings (SSSR count). The predicted octanol–water partition coefficient (Wildman–Crippen LogP) is 3.06. The fourth-order valence-electron chi connectivity index (χ4n) is 2.78. The third kappa shape index (κ3) is 2.87. The Labute approximate surface area is 156 Å². The highest BCUT2D eigenvalue weighted by atomic mass is 35.5. The summed E-state index contributed by atoms with van der Waals surface area (Å²) >= 11 is 7.13. The summed E-state index contributed by atoms with van der Waals surface area (Å²) in [7, 11) is 1.67. The average molecular weight is 388 g/mol. The Morgan fingerprint density at radius 2 is 2.12 bits per heavy atom. The maximum Gasteiger partial charge on any atom is 0.309 e. The van der Waals surface area contributed by atoms with Gasteiger partial charge in [-0.15, -0.1) is 0 Å². The summed E-state index contributed by atoms with van der Waals surface area (Å²) in [5.41, 5.74) is 1.64. The molecule has 0 bridgehead atoms. The zero-order chi connectivity index (χ0) is 18.4. The maximum atomic E-state index is 12.4. The number of nitrogens with one attached hydrogen (secondary N) is 2. The molecule has 0 spiro atoms. The van der Waals surface area contributed by atoms with E-state index in [-0.39, 0.29) is 16.5 Å². The van der Waals surface area contributed by atoms with Gasteiger partial charge in [0, 0.05) is 28.5 Å². The zero-order valence-electron chi connectivity index (χ0n) is 13.9. The smallest absolute Gasteiger partial charge is 0.309 e. The van der Waals surface area contributed by atoms with Crippen LogP contribution in [0.4, 0.5) is 5.95 Å². The van der Waals surface area contributed by atoms with Crippen LogP contribution in [0.2, 0.25) is 5.02 Å². The van der Waals surface area contributed by atoms with Gasteiger partial charge < -0.3 is 10.3 Å². The molecule has 0 fully saturated rings. The minimum atomic E-state index is -0.338. The molecule has 1 aromatic carbocycles. The van der Waals surface area contributed by atoms with Crippen LogP contribution in [-0.2, 0) is 7.05 Å². The number of nitrogens with zero attached hydrogens (tertiary/aromatic N) is 3. The van der Waals surface area contributed by atoms with Crippen molar-refractivity contribution in [3.63, 3.8) is 0 Å². The molecule has 7 nitrogen and oxygen atoms in total. The number of aromatic nitrogens is 4. The summed E-state index contributed by atoms with van der Waals surface area (Å²) in [6, 6.07) is 6.77. The second-order valence-electron chi connectivity index (χ2n) is 5.96.